The van der Waals surface area contributed by atoms with Crippen LogP contribution in [0.2, 0.25) is 0 Å². The fourth-order valence-electron chi connectivity index (χ4n) is 3.80. The topological polar surface area (TPSA) is 54.5 Å². The van der Waals surface area contributed by atoms with Gasteiger partial charge in [-0.3, -0.25) is 9.69 Å². The summed E-state index contributed by atoms with van der Waals surface area (Å²) in [6.45, 7) is 3.78. The molecule has 1 N–H and O–H groups in total. The first kappa shape index (κ1) is 19.6. The number of aromatic nitrogens is 1. The van der Waals surface area contributed by atoms with Crippen molar-refractivity contribution in [3.63, 3.8) is 0 Å². The summed E-state index contributed by atoms with van der Waals surface area (Å²) < 4.78 is 5.47. The number of hydrogen-bond donors (Lipinski definition) is 1. The Balaban J connectivity index is 1.46. The number of ether oxygens (including phenoxy) is 1. The van der Waals surface area contributed by atoms with Crippen LogP contribution in [0.25, 0.3) is 11.3 Å². The number of thiazole rings is 1. The maximum Gasteiger partial charge on any atom is 0.243 e. The monoisotopic (exact) mass is 407 g/mol. The predicted octanol–water partition coefficient (Wildman–Crippen LogP) is 4.73. The summed E-state index contributed by atoms with van der Waals surface area (Å²) in [5, 5.41) is 5.61. The van der Waals surface area contributed by atoms with Gasteiger partial charge in [-0.15, -0.1) is 11.3 Å². The maximum atomic E-state index is 12.9. The van der Waals surface area contributed by atoms with Gasteiger partial charge in [-0.1, -0.05) is 42.0 Å². The summed E-state index contributed by atoms with van der Waals surface area (Å²) in [4.78, 5) is 19.8. The number of nitrogens with zero attached hydrogens (tertiary/aromatic N) is 2. The van der Waals surface area contributed by atoms with Crippen molar-refractivity contribution in [3.8, 4) is 17.0 Å². The highest BCUT2D eigenvalue weighted by atomic mass is 32.1. The first-order chi connectivity index (χ1) is 14.1. The maximum absolute atomic E-state index is 12.9. The van der Waals surface area contributed by atoms with Crippen LogP contribution in [0.15, 0.2) is 53.9 Å². The van der Waals surface area contributed by atoms with Crippen LogP contribution in [-0.2, 0) is 11.3 Å². The van der Waals surface area contributed by atoms with E-state index in [2.05, 4.69) is 33.4 Å². The number of carbonyl (C=O) groups is 1. The van der Waals surface area contributed by atoms with Crippen LogP contribution in [0.4, 0.5) is 5.13 Å². The minimum absolute atomic E-state index is 0.0236. The Bertz CT molecular complexity index is 987. The SMILES string of the molecule is COc1ccc(C)cc1-c1csc(NC(=O)C2CCCN2Cc2ccccc2)n1. The molecule has 1 atom stereocenters. The lowest BCUT2D eigenvalue weighted by Crippen LogP contribution is -2.39. The lowest BCUT2D eigenvalue weighted by Gasteiger charge is -2.23. The zero-order valence-corrected chi connectivity index (χ0v) is 17.5. The van der Waals surface area contributed by atoms with Crippen molar-refractivity contribution < 1.29 is 9.53 Å². The lowest BCUT2D eigenvalue weighted by molar-refractivity contribution is -0.120. The fourth-order valence-corrected chi connectivity index (χ4v) is 4.51. The molecule has 1 fully saturated rings. The fraction of sp³-hybridized carbons (Fsp3) is 0.304. The van der Waals surface area contributed by atoms with Gasteiger partial charge in [-0.05, 0) is 44.0 Å². The van der Waals surface area contributed by atoms with Crippen LogP contribution in [0.3, 0.4) is 0 Å². The molecule has 1 aliphatic rings. The molecule has 0 radical (unpaired) electrons. The van der Waals surface area contributed by atoms with E-state index in [9.17, 15) is 4.79 Å². The second-order valence-electron chi connectivity index (χ2n) is 7.34. The predicted molar refractivity (Wildman–Crippen MR) is 117 cm³/mol. The number of aryl methyl sites for hydroxylation is 1. The molecule has 1 amide bonds. The van der Waals surface area contributed by atoms with Gasteiger partial charge in [0.15, 0.2) is 5.13 Å². The van der Waals surface area contributed by atoms with Crippen molar-refractivity contribution >= 4 is 22.4 Å². The molecular formula is C23H25N3O2S. The zero-order chi connectivity index (χ0) is 20.2. The van der Waals surface area contributed by atoms with E-state index < -0.39 is 0 Å². The van der Waals surface area contributed by atoms with E-state index in [1.54, 1.807) is 7.11 Å². The average molecular weight is 408 g/mol. The molecule has 2 aromatic carbocycles. The van der Waals surface area contributed by atoms with Gasteiger partial charge in [0.1, 0.15) is 5.75 Å². The molecule has 6 heteroatoms. The van der Waals surface area contributed by atoms with Gasteiger partial charge in [0, 0.05) is 17.5 Å². The Kier molecular flexibility index (Phi) is 5.92. The number of carbonyl (C=O) groups excluding carboxylic acids is 1. The van der Waals surface area contributed by atoms with Gasteiger partial charge in [0.2, 0.25) is 5.91 Å². The van der Waals surface area contributed by atoms with Gasteiger partial charge in [-0.2, -0.15) is 0 Å². The zero-order valence-electron chi connectivity index (χ0n) is 16.7. The molecule has 1 unspecified atom stereocenters. The first-order valence-electron chi connectivity index (χ1n) is 9.83. The summed E-state index contributed by atoms with van der Waals surface area (Å²) in [6.07, 6.45) is 1.91. The van der Waals surface area contributed by atoms with Crippen LogP contribution >= 0.6 is 11.3 Å². The van der Waals surface area contributed by atoms with E-state index in [1.165, 1.54) is 16.9 Å². The molecule has 0 bridgehead atoms. The molecule has 150 valence electrons. The number of anilines is 1. The van der Waals surface area contributed by atoms with Crippen LogP contribution in [0.5, 0.6) is 5.75 Å². The minimum Gasteiger partial charge on any atom is -0.496 e. The number of hydrogen-bond acceptors (Lipinski definition) is 5. The van der Waals surface area contributed by atoms with E-state index in [1.807, 2.05) is 42.6 Å². The van der Waals surface area contributed by atoms with Gasteiger partial charge in [0.25, 0.3) is 0 Å². The highest BCUT2D eigenvalue weighted by Crippen LogP contribution is 2.33. The summed E-state index contributed by atoms with van der Waals surface area (Å²) in [5.41, 5.74) is 4.13. The van der Waals surface area contributed by atoms with Gasteiger partial charge in [-0.25, -0.2) is 4.98 Å². The number of nitrogens with one attached hydrogen (secondary N) is 1. The second kappa shape index (κ2) is 8.76. The first-order valence-corrected chi connectivity index (χ1v) is 10.7. The van der Waals surface area contributed by atoms with Gasteiger partial charge >= 0.3 is 0 Å². The van der Waals surface area contributed by atoms with Crippen LogP contribution in [0, 0.1) is 6.92 Å². The third-order valence-electron chi connectivity index (χ3n) is 5.26. The van der Waals surface area contributed by atoms with E-state index in [0.29, 0.717) is 5.13 Å². The summed E-state index contributed by atoms with van der Waals surface area (Å²) in [5.74, 6) is 0.805. The molecule has 0 spiro atoms. The molecule has 4 rings (SSSR count). The molecule has 1 aromatic heterocycles. The number of methoxy groups -OCH3 is 1. The summed E-state index contributed by atoms with van der Waals surface area (Å²) in [6, 6.07) is 16.2. The Labute approximate surface area is 175 Å². The number of amides is 1. The minimum atomic E-state index is -0.115. The Morgan fingerprint density at radius 3 is 2.90 bits per heavy atom. The highest BCUT2D eigenvalue weighted by molar-refractivity contribution is 7.14. The van der Waals surface area contributed by atoms with Crippen molar-refractivity contribution in [1.82, 2.24) is 9.88 Å². The van der Waals surface area contributed by atoms with Crippen molar-refractivity contribution in [2.45, 2.75) is 32.4 Å². The molecule has 1 saturated heterocycles. The molecular weight excluding hydrogens is 382 g/mol. The number of rotatable bonds is 6. The van der Waals surface area contributed by atoms with E-state index in [4.69, 9.17) is 4.74 Å². The van der Waals surface area contributed by atoms with Crippen molar-refractivity contribution in [2.75, 3.05) is 19.0 Å². The quantitative estimate of drug-likeness (QED) is 0.642. The molecule has 2 heterocycles. The molecule has 3 aromatic rings. The smallest absolute Gasteiger partial charge is 0.243 e. The van der Waals surface area contributed by atoms with Crippen LogP contribution < -0.4 is 10.1 Å². The molecule has 29 heavy (non-hydrogen) atoms. The van der Waals surface area contributed by atoms with Crippen LogP contribution in [-0.4, -0.2) is 35.5 Å². The van der Waals surface area contributed by atoms with E-state index in [-0.39, 0.29) is 11.9 Å². The molecule has 5 nitrogen and oxygen atoms in total. The van der Waals surface area contributed by atoms with Gasteiger partial charge < -0.3 is 10.1 Å². The van der Waals surface area contributed by atoms with Crippen LogP contribution in [0.1, 0.15) is 24.0 Å². The Hall–Kier alpha value is -2.70. The summed E-state index contributed by atoms with van der Waals surface area (Å²) >= 11 is 1.44. The highest BCUT2D eigenvalue weighted by Gasteiger charge is 2.31. The van der Waals surface area contributed by atoms with Crippen molar-refractivity contribution in [1.29, 1.82) is 0 Å². The third kappa shape index (κ3) is 4.49. The third-order valence-corrected chi connectivity index (χ3v) is 6.02. The summed E-state index contributed by atoms with van der Waals surface area (Å²) in [7, 11) is 1.66. The van der Waals surface area contributed by atoms with E-state index >= 15 is 0 Å². The Morgan fingerprint density at radius 2 is 2.10 bits per heavy atom. The average Bonchev–Trinajstić information content (AvgIpc) is 3.38. The molecule has 1 aliphatic heterocycles. The van der Waals surface area contributed by atoms with Crippen molar-refractivity contribution in [2.24, 2.45) is 0 Å². The molecule has 0 saturated carbocycles. The Morgan fingerprint density at radius 1 is 1.28 bits per heavy atom. The second-order valence-corrected chi connectivity index (χ2v) is 8.20. The number of benzene rings is 2. The normalized spacial score (nSPS) is 16.7. The van der Waals surface area contributed by atoms with Crippen molar-refractivity contribution in [3.05, 3.63) is 65.0 Å². The molecule has 0 aliphatic carbocycles. The lowest BCUT2D eigenvalue weighted by atomic mass is 10.1. The number of likely N-dealkylation sites (tertiary alicyclic amines) is 1. The van der Waals surface area contributed by atoms with E-state index in [0.717, 1.165) is 48.5 Å². The van der Waals surface area contributed by atoms with Gasteiger partial charge in [0.05, 0.1) is 18.8 Å². The largest absolute Gasteiger partial charge is 0.496 e. The standard InChI is InChI=1S/C23H25N3O2S/c1-16-10-11-21(28-2)18(13-16)19-15-29-23(24-19)25-22(27)20-9-6-12-26(20)14-17-7-4-3-5-8-17/h3-5,7-8,10-11,13,15,20H,6,9,12,14H2,1-2H3,(H,24,25,27).